The first kappa shape index (κ1) is 13.0. The Morgan fingerprint density at radius 2 is 2.21 bits per heavy atom. The number of hydrogen-bond acceptors (Lipinski definition) is 3. The molecule has 0 fully saturated rings. The van der Waals surface area contributed by atoms with E-state index in [4.69, 9.17) is 11.0 Å². The van der Waals surface area contributed by atoms with Crippen molar-refractivity contribution in [2.75, 3.05) is 6.54 Å². The molecule has 0 spiro atoms. The van der Waals surface area contributed by atoms with Gasteiger partial charge >= 0.3 is 0 Å². The topological polar surface area (TPSA) is 61.8 Å². The van der Waals surface area contributed by atoms with Crippen LogP contribution in [0.15, 0.2) is 11.8 Å². The van der Waals surface area contributed by atoms with Gasteiger partial charge in [0.05, 0.1) is 6.07 Å². The van der Waals surface area contributed by atoms with Gasteiger partial charge in [0, 0.05) is 23.9 Å². The van der Waals surface area contributed by atoms with Crippen molar-refractivity contribution in [3.05, 3.63) is 11.8 Å². The third-order valence-electron chi connectivity index (χ3n) is 2.11. The number of rotatable bonds is 5. The molecule has 3 heteroatoms. The normalized spacial score (nSPS) is 14.7. The zero-order chi connectivity index (χ0) is 11.2. The molecule has 0 aromatic heterocycles. The van der Waals surface area contributed by atoms with Crippen molar-refractivity contribution in [3.8, 4) is 6.07 Å². The van der Waals surface area contributed by atoms with Crippen molar-refractivity contribution < 1.29 is 0 Å². The molecule has 0 rings (SSSR count). The van der Waals surface area contributed by atoms with Gasteiger partial charge < -0.3 is 11.1 Å². The molecular formula is C11H21N3. The molecule has 1 unspecified atom stereocenters. The Morgan fingerprint density at radius 1 is 1.64 bits per heavy atom. The molecule has 0 aliphatic heterocycles. The van der Waals surface area contributed by atoms with Gasteiger partial charge in [-0.2, -0.15) is 5.26 Å². The van der Waals surface area contributed by atoms with Crippen LogP contribution in [0.4, 0.5) is 0 Å². The summed E-state index contributed by atoms with van der Waals surface area (Å²) in [4.78, 5) is 0. The Hall–Kier alpha value is -1.01. The third kappa shape index (κ3) is 5.60. The average Bonchev–Trinajstić information content (AvgIpc) is 2.09. The highest BCUT2D eigenvalue weighted by Gasteiger charge is 2.12. The van der Waals surface area contributed by atoms with E-state index in [2.05, 4.69) is 25.2 Å². The fourth-order valence-corrected chi connectivity index (χ4v) is 0.987. The van der Waals surface area contributed by atoms with Crippen LogP contribution in [0.1, 0.15) is 34.1 Å². The fourth-order valence-electron chi connectivity index (χ4n) is 0.987. The van der Waals surface area contributed by atoms with Gasteiger partial charge in [-0.15, -0.1) is 0 Å². The minimum Gasteiger partial charge on any atom is -0.386 e. The van der Waals surface area contributed by atoms with Crippen LogP contribution in [0.3, 0.4) is 0 Å². The number of nitrogens with zero attached hydrogens (tertiary/aromatic N) is 1. The van der Waals surface area contributed by atoms with Crippen molar-refractivity contribution in [2.45, 2.75) is 39.7 Å². The summed E-state index contributed by atoms with van der Waals surface area (Å²) >= 11 is 0. The first-order chi connectivity index (χ1) is 6.40. The van der Waals surface area contributed by atoms with Gasteiger partial charge in [-0.3, -0.25) is 0 Å². The van der Waals surface area contributed by atoms with E-state index in [1.807, 2.05) is 13.8 Å². The van der Waals surface area contributed by atoms with Gasteiger partial charge in [-0.25, -0.2) is 0 Å². The van der Waals surface area contributed by atoms with Crippen LogP contribution in [0.2, 0.25) is 0 Å². The molecule has 0 saturated carbocycles. The molecule has 14 heavy (non-hydrogen) atoms. The largest absolute Gasteiger partial charge is 0.386 e. The summed E-state index contributed by atoms with van der Waals surface area (Å²) in [6.07, 6.45) is 2.59. The van der Waals surface area contributed by atoms with Crippen LogP contribution in [0.5, 0.6) is 0 Å². The Bertz CT molecular complexity index is 230. The van der Waals surface area contributed by atoms with E-state index < -0.39 is 0 Å². The van der Waals surface area contributed by atoms with Crippen LogP contribution in [0.25, 0.3) is 0 Å². The van der Waals surface area contributed by atoms with Crippen molar-refractivity contribution >= 4 is 0 Å². The minimum absolute atomic E-state index is 0.248. The fraction of sp³-hybridized carbons (Fsp3) is 0.727. The predicted octanol–water partition coefficient (Wildman–Crippen LogP) is 1.77. The Morgan fingerprint density at radius 3 is 2.57 bits per heavy atom. The van der Waals surface area contributed by atoms with Crippen molar-refractivity contribution in [1.29, 1.82) is 5.26 Å². The Labute approximate surface area is 87.0 Å². The van der Waals surface area contributed by atoms with Crippen LogP contribution < -0.4 is 11.1 Å². The summed E-state index contributed by atoms with van der Waals surface area (Å²) < 4.78 is 0. The lowest BCUT2D eigenvalue weighted by molar-refractivity contribution is 0.468. The monoisotopic (exact) mass is 195 g/mol. The smallest absolute Gasteiger partial charge is 0.0930 e. The molecule has 0 aromatic rings. The average molecular weight is 195 g/mol. The Balaban J connectivity index is 4.28. The molecule has 1 atom stereocenters. The first-order valence-electron chi connectivity index (χ1n) is 5.03. The molecule has 0 aromatic carbocycles. The van der Waals surface area contributed by atoms with Crippen LogP contribution in [-0.2, 0) is 0 Å². The lowest BCUT2D eigenvalue weighted by Gasteiger charge is -2.23. The van der Waals surface area contributed by atoms with Gasteiger partial charge in [0.2, 0.25) is 0 Å². The number of nitriles is 1. The highest BCUT2D eigenvalue weighted by atomic mass is 14.9. The molecule has 0 aliphatic carbocycles. The molecule has 0 bridgehead atoms. The minimum atomic E-state index is -0.248. The molecule has 0 heterocycles. The second-order valence-electron chi connectivity index (χ2n) is 4.38. The zero-order valence-electron chi connectivity index (χ0n) is 9.59. The molecular weight excluding hydrogens is 174 g/mol. The molecule has 0 amide bonds. The summed E-state index contributed by atoms with van der Waals surface area (Å²) in [7, 11) is 0. The number of allylic oxidation sites excluding steroid dienone is 2. The lowest BCUT2D eigenvalue weighted by atomic mass is 10.0. The maximum Gasteiger partial charge on any atom is 0.0930 e. The SMILES string of the molecule is CCC(C)/C(=C\C#N)NCC(C)(C)N. The van der Waals surface area contributed by atoms with E-state index in [-0.39, 0.29) is 5.54 Å². The maximum atomic E-state index is 8.61. The quantitative estimate of drug-likeness (QED) is 0.657. The highest BCUT2D eigenvalue weighted by molar-refractivity contribution is 5.14. The second-order valence-corrected chi connectivity index (χ2v) is 4.38. The first-order valence-corrected chi connectivity index (χ1v) is 5.03. The van der Waals surface area contributed by atoms with Crippen LogP contribution in [0, 0.1) is 17.2 Å². The number of hydrogen-bond donors (Lipinski definition) is 2. The third-order valence-corrected chi connectivity index (χ3v) is 2.11. The predicted molar refractivity (Wildman–Crippen MR) is 59.4 cm³/mol. The van der Waals surface area contributed by atoms with Crippen molar-refractivity contribution in [1.82, 2.24) is 5.32 Å². The molecule has 0 aliphatic rings. The van der Waals surface area contributed by atoms with Crippen LogP contribution >= 0.6 is 0 Å². The highest BCUT2D eigenvalue weighted by Crippen LogP contribution is 2.11. The van der Waals surface area contributed by atoms with E-state index in [0.29, 0.717) is 12.5 Å². The Kier molecular flexibility index (Phi) is 5.26. The molecule has 3 N–H and O–H groups in total. The van der Waals surface area contributed by atoms with Gasteiger partial charge in [-0.05, 0) is 26.2 Å². The standard InChI is InChI=1S/C11H21N3/c1-5-9(2)10(6-7-12)14-8-11(3,4)13/h6,9,14H,5,8,13H2,1-4H3/b10-6+. The molecule has 3 nitrogen and oxygen atoms in total. The van der Waals surface area contributed by atoms with Gasteiger partial charge in [0.15, 0.2) is 0 Å². The second kappa shape index (κ2) is 5.66. The van der Waals surface area contributed by atoms with Crippen molar-refractivity contribution in [3.63, 3.8) is 0 Å². The summed E-state index contributed by atoms with van der Waals surface area (Å²) in [5.74, 6) is 0.386. The number of nitrogens with two attached hydrogens (primary N) is 1. The summed E-state index contributed by atoms with van der Waals surface area (Å²) in [5, 5.41) is 11.8. The molecule has 0 saturated heterocycles. The van der Waals surface area contributed by atoms with E-state index in [1.54, 1.807) is 6.08 Å². The van der Waals surface area contributed by atoms with Gasteiger partial charge in [0.1, 0.15) is 0 Å². The number of nitrogens with one attached hydrogen (secondary N) is 1. The van der Waals surface area contributed by atoms with E-state index in [9.17, 15) is 0 Å². The van der Waals surface area contributed by atoms with Crippen LogP contribution in [-0.4, -0.2) is 12.1 Å². The lowest BCUT2D eigenvalue weighted by Crippen LogP contribution is -2.43. The zero-order valence-corrected chi connectivity index (χ0v) is 9.59. The van der Waals surface area contributed by atoms with E-state index in [0.717, 1.165) is 12.1 Å². The summed E-state index contributed by atoms with van der Waals surface area (Å²) in [6.45, 7) is 8.80. The van der Waals surface area contributed by atoms with Crippen molar-refractivity contribution in [2.24, 2.45) is 11.7 Å². The van der Waals surface area contributed by atoms with Gasteiger partial charge in [0.25, 0.3) is 0 Å². The maximum absolute atomic E-state index is 8.61. The van der Waals surface area contributed by atoms with Gasteiger partial charge in [-0.1, -0.05) is 13.8 Å². The summed E-state index contributed by atoms with van der Waals surface area (Å²) in [6, 6.07) is 2.05. The molecule has 80 valence electrons. The van der Waals surface area contributed by atoms with E-state index in [1.165, 1.54) is 0 Å². The summed E-state index contributed by atoms with van der Waals surface area (Å²) in [5.41, 5.74) is 6.58. The van der Waals surface area contributed by atoms with E-state index >= 15 is 0 Å². The molecule has 0 radical (unpaired) electrons.